The Morgan fingerprint density at radius 1 is 1.40 bits per heavy atom. The van der Waals surface area contributed by atoms with E-state index in [2.05, 4.69) is 0 Å². The van der Waals surface area contributed by atoms with Gasteiger partial charge in [0, 0.05) is 15.9 Å². The predicted molar refractivity (Wildman–Crippen MR) is 80.0 cm³/mol. The molecule has 0 amide bonds. The van der Waals surface area contributed by atoms with Crippen LogP contribution in [0.15, 0.2) is 53.8 Å². The van der Waals surface area contributed by atoms with Crippen LogP contribution < -0.4 is 0 Å². The second kappa shape index (κ2) is 8.95. The van der Waals surface area contributed by atoms with Gasteiger partial charge < -0.3 is 9.84 Å². The average molecular weight is 293 g/mol. The molecule has 0 aliphatic carbocycles. The van der Waals surface area contributed by atoms with E-state index in [-0.39, 0.29) is 13.2 Å². The summed E-state index contributed by atoms with van der Waals surface area (Å²) in [5.74, 6) is 0.341. The maximum atomic E-state index is 10.4. The van der Waals surface area contributed by atoms with E-state index in [1.807, 2.05) is 30.3 Å². The third-order valence-corrected chi connectivity index (χ3v) is 2.57. The fourth-order valence-corrected chi connectivity index (χ4v) is 1.60. The molecule has 0 fully saturated rings. The van der Waals surface area contributed by atoms with Crippen LogP contribution in [-0.2, 0) is 11.3 Å². The SMILES string of the molecule is O=[N+]([O-])C/C=C(CO)\C(=C/C=S)OCc1ccccc1. The molecule has 0 bridgehead atoms. The number of rotatable bonds is 8. The summed E-state index contributed by atoms with van der Waals surface area (Å²) in [6.07, 6.45) is 2.82. The molecule has 0 unspecified atom stereocenters. The molecule has 20 heavy (non-hydrogen) atoms. The number of nitrogens with zero attached hydrogens (tertiary/aromatic N) is 1. The van der Waals surface area contributed by atoms with E-state index in [0.717, 1.165) is 5.56 Å². The van der Waals surface area contributed by atoms with Gasteiger partial charge in [-0.1, -0.05) is 42.5 Å². The minimum atomic E-state index is -0.484. The van der Waals surface area contributed by atoms with E-state index in [4.69, 9.17) is 17.0 Å². The molecule has 0 radical (unpaired) electrons. The first-order chi connectivity index (χ1) is 9.67. The van der Waals surface area contributed by atoms with E-state index in [1.54, 1.807) is 0 Å². The Morgan fingerprint density at radius 2 is 2.10 bits per heavy atom. The van der Waals surface area contributed by atoms with Crippen LogP contribution >= 0.6 is 12.2 Å². The average Bonchev–Trinajstić information content (AvgIpc) is 2.46. The third kappa shape index (κ3) is 5.73. The molecule has 6 heteroatoms. The van der Waals surface area contributed by atoms with Crippen molar-refractivity contribution in [1.82, 2.24) is 0 Å². The number of nitro groups is 1. The summed E-state index contributed by atoms with van der Waals surface area (Å²) in [6, 6.07) is 9.46. The molecule has 0 aliphatic rings. The molecule has 0 aliphatic heterocycles. The Labute approximate surface area is 122 Å². The molecule has 0 heterocycles. The van der Waals surface area contributed by atoms with Gasteiger partial charge in [-0.15, -0.1) is 0 Å². The Morgan fingerprint density at radius 3 is 2.65 bits per heavy atom. The lowest BCUT2D eigenvalue weighted by atomic mass is 10.2. The van der Waals surface area contributed by atoms with E-state index >= 15 is 0 Å². The highest BCUT2D eigenvalue weighted by Gasteiger charge is 2.07. The maximum Gasteiger partial charge on any atom is 0.222 e. The number of benzene rings is 1. The number of hydrogen-bond acceptors (Lipinski definition) is 5. The molecule has 1 aromatic carbocycles. The molecule has 1 rings (SSSR count). The standard InChI is InChI=1S/C14H15NO4S/c16-10-13(6-8-15(17)18)14(7-9-20)19-11-12-4-2-1-3-5-12/h1-7,9,16H,8,10-11H2/b13-6-,14-7+. The first-order valence-corrected chi connectivity index (χ1v) is 6.38. The van der Waals surface area contributed by atoms with Crippen molar-refractivity contribution in [2.24, 2.45) is 0 Å². The Hall–Kier alpha value is -2.05. The Balaban J connectivity index is 2.77. The Bertz CT molecular complexity index is 511. The van der Waals surface area contributed by atoms with Crippen LogP contribution in [0, 0.1) is 10.1 Å². The van der Waals surface area contributed by atoms with Crippen molar-refractivity contribution in [2.45, 2.75) is 6.61 Å². The molecule has 0 atom stereocenters. The number of hydrogen-bond donors (Lipinski definition) is 1. The van der Waals surface area contributed by atoms with Gasteiger partial charge in [0.1, 0.15) is 12.4 Å². The van der Waals surface area contributed by atoms with Crippen molar-refractivity contribution < 1.29 is 14.8 Å². The number of allylic oxidation sites excluding steroid dienone is 1. The van der Waals surface area contributed by atoms with Crippen LogP contribution in [0.4, 0.5) is 0 Å². The zero-order valence-electron chi connectivity index (χ0n) is 10.8. The third-order valence-electron chi connectivity index (χ3n) is 2.43. The highest BCUT2D eigenvalue weighted by atomic mass is 32.1. The quantitative estimate of drug-likeness (QED) is 0.199. The summed E-state index contributed by atoms with van der Waals surface area (Å²) in [5, 5.41) is 21.0. The summed E-state index contributed by atoms with van der Waals surface area (Å²) in [6.45, 7) is -0.428. The van der Waals surface area contributed by atoms with Crippen molar-refractivity contribution in [1.29, 1.82) is 0 Å². The lowest BCUT2D eigenvalue weighted by Crippen LogP contribution is -2.05. The minimum absolute atomic E-state index is 0.297. The molecule has 5 nitrogen and oxygen atoms in total. The molecule has 0 saturated heterocycles. The summed E-state index contributed by atoms with van der Waals surface area (Å²) in [4.78, 5) is 9.89. The minimum Gasteiger partial charge on any atom is -0.489 e. The van der Waals surface area contributed by atoms with Gasteiger partial charge in [-0.3, -0.25) is 10.1 Å². The first kappa shape index (κ1) is 16.0. The van der Waals surface area contributed by atoms with Crippen molar-refractivity contribution in [2.75, 3.05) is 13.2 Å². The van der Waals surface area contributed by atoms with E-state index in [9.17, 15) is 15.2 Å². The topological polar surface area (TPSA) is 72.6 Å². The summed E-state index contributed by atoms with van der Waals surface area (Å²) in [7, 11) is 0. The number of aliphatic hydroxyl groups is 1. The van der Waals surface area contributed by atoms with Gasteiger partial charge in [-0.05, 0) is 17.7 Å². The van der Waals surface area contributed by atoms with Crippen LogP contribution in [0.3, 0.4) is 0 Å². The van der Waals surface area contributed by atoms with Gasteiger partial charge in [0.25, 0.3) is 0 Å². The molecule has 106 valence electrons. The van der Waals surface area contributed by atoms with E-state index < -0.39 is 4.92 Å². The number of aliphatic hydroxyl groups excluding tert-OH is 1. The second-order valence-corrected chi connectivity index (χ2v) is 4.12. The maximum absolute atomic E-state index is 10.4. The van der Waals surface area contributed by atoms with Crippen LogP contribution in [-0.4, -0.2) is 28.5 Å². The van der Waals surface area contributed by atoms with Gasteiger partial charge in [-0.2, -0.15) is 0 Å². The van der Waals surface area contributed by atoms with Gasteiger partial charge >= 0.3 is 0 Å². The second-order valence-electron chi connectivity index (χ2n) is 3.84. The largest absolute Gasteiger partial charge is 0.489 e. The normalized spacial score (nSPS) is 12.1. The smallest absolute Gasteiger partial charge is 0.222 e. The number of ether oxygens (including phenoxy) is 1. The fourth-order valence-electron chi connectivity index (χ4n) is 1.47. The number of thiocarbonyl (C=S) groups is 1. The molecule has 1 N–H and O–H groups in total. The molecular formula is C14H15NO4S. The molecule has 0 spiro atoms. The van der Waals surface area contributed by atoms with E-state index in [1.165, 1.54) is 17.5 Å². The van der Waals surface area contributed by atoms with E-state index in [0.29, 0.717) is 17.9 Å². The zero-order chi connectivity index (χ0) is 14.8. The van der Waals surface area contributed by atoms with Gasteiger partial charge in [0.2, 0.25) is 6.54 Å². The zero-order valence-corrected chi connectivity index (χ0v) is 11.6. The van der Waals surface area contributed by atoms with Crippen molar-refractivity contribution in [3.63, 3.8) is 0 Å². The van der Waals surface area contributed by atoms with Crippen LogP contribution in [0.25, 0.3) is 0 Å². The van der Waals surface area contributed by atoms with Gasteiger partial charge in [0.15, 0.2) is 0 Å². The van der Waals surface area contributed by atoms with Gasteiger partial charge in [0.05, 0.1) is 6.61 Å². The van der Waals surface area contributed by atoms with Crippen molar-refractivity contribution in [3.8, 4) is 0 Å². The Kier molecular flexibility index (Phi) is 7.16. The molecule has 0 aromatic heterocycles. The van der Waals surface area contributed by atoms with Crippen LogP contribution in [0.2, 0.25) is 0 Å². The van der Waals surface area contributed by atoms with Crippen LogP contribution in [0.1, 0.15) is 5.56 Å². The van der Waals surface area contributed by atoms with Gasteiger partial charge in [-0.25, -0.2) is 0 Å². The first-order valence-electron chi connectivity index (χ1n) is 5.91. The lowest BCUT2D eigenvalue weighted by molar-refractivity contribution is -0.468. The monoisotopic (exact) mass is 293 g/mol. The van der Waals surface area contributed by atoms with Crippen molar-refractivity contribution in [3.05, 3.63) is 69.5 Å². The fraction of sp³-hybridized carbons (Fsp3) is 0.214. The summed E-state index contributed by atoms with van der Waals surface area (Å²) in [5.41, 5.74) is 1.30. The molecule has 0 saturated carbocycles. The molecular weight excluding hydrogens is 278 g/mol. The highest BCUT2D eigenvalue weighted by molar-refractivity contribution is 7.79. The van der Waals surface area contributed by atoms with Crippen LogP contribution in [0.5, 0.6) is 0 Å². The molecule has 1 aromatic rings. The summed E-state index contributed by atoms with van der Waals surface area (Å²) < 4.78 is 5.57. The lowest BCUT2D eigenvalue weighted by Gasteiger charge is -2.11. The summed E-state index contributed by atoms with van der Waals surface area (Å²) >= 11 is 4.74. The predicted octanol–water partition coefficient (Wildman–Crippen LogP) is 2.28. The highest BCUT2D eigenvalue weighted by Crippen LogP contribution is 2.14. The van der Waals surface area contributed by atoms with Crippen molar-refractivity contribution >= 4 is 17.6 Å².